The first-order valence-electron chi connectivity index (χ1n) is 10.00. The van der Waals surface area contributed by atoms with Gasteiger partial charge in [0.2, 0.25) is 0 Å². The van der Waals surface area contributed by atoms with Crippen LogP contribution in [0, 0.1) is 0 Å². The third-order valence-electron chi connectivity index (χ3n) is 5.55. The lowest BCUT2D eigenvalue weighted by Gasteiger charge is -2.34. The number of carbonyl (C=O) groups is 2. The van der Waals surface area contributed by atoms with Crippen LogP contribution >= 0.6 is 0 Å². The highest BCUT2D eigenvalue weighted by molar-refractivity contribution is 5.97. The van der Waals surface area contributed by atoms with Crippen molar-refractivity contribution in [3.05, 3.63) is 54.1 Å². The molecule has 2 aliphatic heterocycles. The van der Waals surface area contributed by atoms with Gasteiger partial charge in [-0.25, -0.2) is 4.79 Å². The molecule has 0 radical (unpaired) electrons. The molecule has 3 amide bonds. The summed E-state index contributed by atoms with van der Waals surface area (Å²) in [5.74, 6) is 0.805. The minimum absolute atomic E-state index is 0.0711. The number of rotatable bonds is 5. The molecule has 0 unspecified atom stereocenters. The zero-order chi connectivity index (χ0) is 20.2. The second-order valence-corrected chi connectivity index (χ2v) is 7.34. The van der Waals surface area contributed by atoms with Crippen LogP contribution in [0.25, 0.3) is 0 Å². The quantitative estimate of drug-likeness (QED) is 0.818. The molecule has 0 bridgehead atoms. The number of hydrogen-bond donors (Lipinski definition) is 2. The number of para-hydroxylation sites is 2. The van der Waals surface area contributed by atoms with Gasteiger partial charge in [-0.15, -0.1) is 0 Å². The van der Waals surface area contributed by atoms with Crippen LogP contribution in [0.1, 0.15) is 23.2 Å². The van der Waals surface area contributed by atoms with Gasteiger partial charge in [0.05, 0.1) is 12.8 Å². The Labute approximate surface area is 170 Å². The van der Waals surface area contributed by atoms with Gasteiger partial charge in [0.25, 0.3) is 5.91 Å². The van der Waals surface area contributed by atoms with Crippen molar-refractivity contribution in [3.8, 4) is 5.75 Å². The van der Waals surface area contributed by atoms with Gasteiger partial charge in [-0.05, 0) is 49.2 Å². The van der Waals surface area contributed by atoms with E-state index in [0.29, 0.717) is 18.7 Å². The predicted octanol–water partition coefficient (Wildman–Crippen LogP) is 2.62. The monoisotopic (exact) mass is 394 g/mol. The molecule has 29 heavy (non-hydrogen) atoms. The van der Waals surface area contributed by atoms with Gasteiger partial charge >= 0.3 is 6.03 Å². The Balaban J connectivity index is 1.32. The summed E-state index contributed by atoms with van der Waals surface area (Å²) in [4.78, 5) is 28.4. The number of anilines is 2. The molecule has 2 aliphatic rings. The number of benzene rings is 2. The van der Waals surface area contributed by atoms with E-state index in [2.05, 4.69) is 21.6 Å². The number of hydrogen-bond acceptors (Lipinski definition) is 4. The molecule has 0 atom stereocenters. The summed E-state index contributed by atoms with van der Waals surface area (Å²) in [6, 6.07) is 15.3. The largest absolute Gasteiger partial charge is 0.495 e. The van der Waals surface area contributed by atoms with Crippen LogP contribution in [0.2, 0.25) is 0 Å². The highest BCUT2D eigenvalue weighted by Gasteiger charge is 2.24. The maximum atomic E-state index is 12.6. The van der Waals surface area contributed by atoms with Crippen molar-refractivity contribution in [2.45, 2.75) is 18.9 Å². The Bertz CT molecular complexity index is 876. The highest BCUT2D eigenvalue weighted by atomic mass is 16.5. The molecule has 2 aromatic carbocycles. The number of amides is 3. The SMILES string of the molecule is COc1ccccc1N1CCC(NC(=O)c2ccc(N3CCNC3=O)cc2)CC1. The highest BCUT2D eigenvalue weighted by Crippen LogP contribution is 2.30. The number of methoxy groups -OCH3 is 1. The minimum Gasteiger partial charge on any atom is -0.495 e. The van der Waals surface area contributed by atoms with E-state index in [4.69, 9.17) is 4.74 Å². The van der Waals surface area contributed by atoms with Gasteiger partial charge in [0.1, 0.15) is 5.75 Å². The Morgan fingerprint density at radius 2 is 1.79 bits per heavy atom. The summed E-state index contributed by atoms with van der Waals surface area (Å²) in [6.45, 7) is 3.03. The molecule has 0 saturated carbocycles. The van der Waals surface area contributed by atoms with E-state index in [0.717, 1.165) is 43.1 Å². The Morgan fingerprint density at radius 1 is 1.07 bits per heavy atom. The predicted molar refractivity (Wildman–Crippen MR) is 113 cm³/mol. The van der Waals surface area contributed by atoms with E-state index in [1.807, 2.05) is 30.3 Å². The maximum absolute atomic E-state index is 12.6. The van der Waals surface area contributed by atoms with E-state index in [1.54, 1.807) is 24.1 Å². The zero-order valence-corrected chi connectivity index (χ0v) is 16.6. The van der Waals surface area contributed by atoms with Crippen LogP contribution in [-0.2, 0) is 0 Å². The van der Waals surface area contributed by atoms with E-state index < -0.39 is 0 Å². The van der Waals surface area contributed by atoms with Gasteiger partial charge in [0, 0.05) is 43.5 Å². The molecule has 0 spiro atoms. The fourth-order valence-electron chi connectivity index (χ4n) is 3.94. The summed E-state index contributed by atoms with van der Waals surface area (Å²) < 4.78 is 5.46. The van der Waals surface area contributed by atoms with Crippen molar-refractivity contribution in [3.63, 3.8) is 0 Å². The molecule has 7 heteroatoms. The topological polar surface area (TPSA) is 73.9 Å². The van der Waals surface area contributed by atoms with Crippen LogP contribution in [-0.4, -0.2) is 51.3 Å². The van der Waals surface area contributed by atoms with Crippen LogP contribution in [0.4, 0.5) is 16.2 Å². The van der Waals surface area contributed by atoms with Crippen molar-refractivity contribution in [1.82, 2.24) is 10.6 Å². The molecule has 2 N–H and O–H groups in total. The van der Waals surface area contributed by atoms with E-state index >= 15 is 0 Å². The number of ether oxygens (including phenoxy) is 1. The van der Waals surface area contributed by atoms with Gasteiger partial charge in [0.15, 0.2) is 0 Å². The molecule has 152 valence electrons. The van der Waals surface area contributed by atoms with Gasteiger partial charge in [-0.1, -0.05) is 12.1 Å². The minimum atomic E-state index is -0.0935. The number of carbonyl (C=O) groups excluding carboxylic acids is 2. The molecule has 0 aliphatic carbocycles. The van der Waals surface area contributed by atoms with Crippen LogP contribution in [0.15, 0.2) is 48.5 Å². The van der Waals surface area contributed by atoms with E-state index in [9.17, 15) is 9.59 Å². The van der Waals surface area contributed by atoms with Crippen LogP contribution in [0.5, 0.6) is 5.75 Å². The lowest BCUT2D eigenvalue weighted by Crippen LogP contribution is -2.44. The second kappa shape index (κ2) is 8.43. The summed E-state index contributed by atoms with van der Waals surface area (Å²) >= 11 is 0. The average molecular weight is 394 g/mol. The first kappa shape index (κ1) is 19.1. The summed E-state index contributed by atoms with van der Waals surface area (Å²) in [6.07, 6.45) is 1.77. The number of nitrogens with one attached hydrogen (secondary N) is 2. The van der Waals surface area contributed by atoms with Crippen molar-refractivity contribution < 1.29 is 14.3 Å². The van der Waals surface area contributed by atoms with Gasteiger partial charge < -0.3 is 20.3 Å². The van der Waals surface area contributed by atoms with Gasteiger partial charge in [-0.3, -0.25) is 9.69 Å². The van der Waals surface area contributed by atoms with Crippen molar-refractivity contribution in [2.75, 3.05) is 43.1 Å². The van der Waals surface area contributed by atoms with E-state index in [1.165, 1.54) is 0 Å². The van der Waals surface area contributed by atoms with Crippen molar-refractivity contribution in [1.29, 1.82) is 0 Å². The summed E-state index contributed by atoms with van der Waals surface area (Å²) in [7, 11) is 1.69. The summed E-state index contributed by atoms with van der Waals surface area (Å²) in [5, 5.41) is 5.92. The van der Waals surface area contributed by atoms with Crippen LogP contribution < -0.4 is 25.2 Å². The molecule has 4 rings (SSSR count). The van der Waals surface area contributed by atoms with Crippen molar-refractivity contribution >= 4 is 23.3 Å². The third-order valence-corrected chi connectivity index (χ3v) is 5.55. The van der Waals surface area contributed by atoms with E-state index in [-0.39, 0.29) is 18.0 Å². The Morgan fingerprint density at radius 3 is 2.45 bits per heavy atom. The first-order valence-corrected chi connectivity index (χ1v) is 10.00. The van der Waals surface area contributed by atoms with Crippen molar-refractivity contribution in [2.24, 2.45) is 0 Å². The number of piperidine rings is 1. The molecular formula is C22H26N4O3. The fourth-order valence-corrected chi connectivity index (χ4v) is 3.94. The molecule has 2 aromatic rings. The molecular weight excluding hydrogens is 368 g/mol. The molecule has 2 fully saturated rings. The molecule has 2 saturated heterocycles. The lowest BCUT2D eigenvalue weighted by molar-refractivity contribution is 0.0931. The second-order valence-electron chi connectivity index (χ2n) is 7.34. The third kappa shape index (κ3) is 4.13. The fraction of sp³-hybridized carbons (Fsp3) is 0.364. The molecule has 7 nitrogen and oxygen atoms in total. The number of urea groups is 1. The van der Waals surface area contributed by atoms with Crippen LogP contribution in [0.3, 0.4) is 0 Å². The normalized spacial score (nSPS) is 17.2. The Kier molecular flexibility index (Phi) is 5.55. The molecule has 0 aromatic heterocycles. The Hall–Kier alpha value is -3.22. The lowest BCUT2D eigenvalue weighted by atomic mass is 10.0. The number of nitrogens with zero attached hydrogens (tertiary/aromatic N) is 2. The zero-order valence-electron chi connectivity index (χ0n) is 16.6. The maximum Gasteiger partial charge on any atom is 0.321 e. The smallest absolute Gasteiger partial charge is 0.321 e. The average Bonchev–Trinajstić information content (AvgIpc) is 3.20. The van der Waals surface area contributed by atoms with Gasteiger partial charge in [-0.2, -0.15) is 0 Å². The summed E-state index contributed by atoms with van der Waals surface area (Å²) in [5.41, 5.74) is 2.52. The molecule has 2 heterocycles. The standard InChI is InChI=1S/C22H26N4O3/c1-29-20-5-3-2-4-19(20)25-13-10-17(11-14-25)24-21(27)16-6-8-18(9-7-16)26-15-12-23-22(26)28/h2-9,17H,10-15H2,1H3,(H,23,28)(H,24,27). The first-order chi connectivity index (χ1) is 14.2.